The molecule has 2 aliphatic rings. The maximum atomic E-state index is 12.4. The van der Waals surface area contributed by atoms with E-state index in [-0.39, 0.29) is 29.3 Å². The van der Waals surface area contributed by atoms with Crippen molar-refractivity contribution >= 4 is 6.03 Å². The molecule has 2 aliphatic heterocycles. The molecule has 0 unspecified atom stereocenters. The average Bonchev–Trinajstić information content (AvgIpc) is 3.01. The summed E-state index contributed by atoms with van der Waals surface area (Å²) in [4.78, 5) is 12.4. The van der Waals surface area contributed by atoms with Crippen LogP contribution in [0.2, 0.25) is 0 Å². The lowest BCUT2D eigenvalue weighted by Gasteiger charge is -2.28. The fourth-order valence-corrected chi connectivity index (χ4v) is 3.74. The van der Waals surface area contributed by atoms with Crippen LogP contribution in [0.1, 0.15) is 65.2 Å². The Morgan fingerprint density at radius 1 is 1.35 bits per heavy atom. The van der Waals surface area contributed by atoms with Crippen LogP contribution in [0, 0.1) is 0 Å². The minimum Gasteiger partial charge on any atom is -0.367 e. The van der Waals surface area contributed by atoms with E-state index in [9.17, 15) is 4.79 Å². The highest BCUT2D eigenvalue weighted by atomic mass is 16.5. The van der Waals surface area contributed by atoms with E-state index in [2.05, 4.69) is 39.2 Å². The Kier molecular flexibility index (Phi) is 3.86. The van der Waals surface area contributed by atoms with Crippen molar-refractivity contribution in [1.29, 1.82) is 0 Å². The van der Waals surface area contributed by atoms with Crippen molar-refractivity contribution in [3.63, 3.8) is 0 Å². The zero-order valence-corrected chi connectivity index (χ0v) is 14.6. The summed E-state index contributed by atoms with van der Waals surface area (Å²) in [5.74, 6) is 1.84. The molecule has 2 N–H and O–H groups in total. The molecule has 23 heavy (non-hydrogen) atoms. The zero-order valence-electron chi connectivity index (χ0n) is 14.6. The molecule has 3 rings (SSSR count). The van der Waals surface area contributed by atoms with Crippen molar-refractivity contribution in [3.8, 4) is 0 Å². The molecule has 1 aromatic rings. The summed E-state index contributed by atoms with van der Waals surface area (Å²) in [7, 11) is 0. The summed E-state index contributed by atoms with van der Waals surface area (Å²) in [5.41, 5.74) is -0.596. The molecule has 7 nitrogen and oxygen atoms in total. The van der Waals surface area contributed by atoms with E-state index in [4.69, 9.17) is 4.74 Å². The third-order valence-electron chi connectivity index (χ3n) is 4.75. The molecule has 2 atom stereocenters. The number of hydrogen-bond donors (Lipinski definition) is 2. The van der Waals surface area contributed by atoms with Crippen LogP contribution >= 0.6 is 0 Å². The molecule has 0 spiro atoms. The predicted molar refractivity (Wildman–Crippen MR) is 86.1 cm³/mol. The molecule has 2 amide bonds. The van der Waals surface area contributed by atoms with Crippen LogP contribution in [0.3, 0.4) is 0 Å². The van der Waals surface area contributed by atoms with Crippen LogP contribution in [0.25, 0.3) is 0 Å². The number of urea groups is 1. The van der Waals surface area contributed by atoms with E-state index in [1.165, 1.54) is 0 Å². The van der Waals surface area contributed by atoms with E-state index in [1.807, 2.05) is 20.8 Å². The van der Waals surface area contributed by atoms with Crippen LogP contribution in [-0.4, -0.2) is 38.0 Å². The van der Waals surface area contributed by atoms with Gasteiger partial charge in [0.1, 0.15) is 5.82 Å². The second-order valence-corrected chi connectivity index (χ2v) is 7.79. The van der Waals surface area contributed by atoms with Crippen LogP contribution in [0.5, 0.6) is 0 Å². The van der Waals surface area contributed by atoms with Crippen molar-refractivity contribution in [2.45, 2.75) is 83.7 Å². The van der Waals surface area contributed by atoms with Gasteiger partial charge in [-0.15, -0.1) is 10.2 Å². The normalized spacial score (nSPS) is 25.9. The number of aryl methyl sites for hydroxylation is 1. The molecular formula is C16H27N5O2. The van der Waals surface area contributed by atoms with Gasteiger partial charge in [0, 0.05) is 13.0 Å². The number of carbonyl (C=O) groups excluding carboxylic acids is 1. The van der Waals surface area contributed by atoms with E-state index in [1.54, 1.807) is 0 Å². The summed E-state index contributed by atoms with van der Waals surface area (Å²) in [6.45, 7) is 11.0. The maximum absolute atomic E-state index is 12.4. The lowest BCUT2D eigenvalue weighted by molar-refractivity contribution is -0.0690. The lowest BCUT2D eigenvalue weighted by atomic mass is 9.95. The largest absolute Gasteiger partial charge is 0.367 e. The van der Waals surface area contributed by atoms with Gasteiger partial charge in [-0.25, -0.2) is 4.79 Å². The van der Waals surface area contributed by atoms with E-state index < -0.39 is 0 Å². The molecule has 0 radical (unpaired) electrons. The van der Waals surface area contributed by atoms with Crippen molar-refractivity contribution in [1.82, 2.24) is 25.4 Å². The molecule has 128 valence electrons. The molecule has 0 aromatic carbocycles. The number of rotatable bonds is 3. The fourth-order valence-electron chi connectivity index (χ4n) is 3.74. The number of hydrogen-bond acceptors (Lipinski definition) is 4. The summed E-state index contributed by atoms with van der Waals surface area (Å²) in [6.07, 6.45) is 2.86. The Labute approximate surface area is 137 Å². The number of aromatic nitrogens is 3. The first kappa shape index (κ1) is 16.2. The summed E-state index contributed by atoms with van der Waals surface area (Å²) < 4.78 is 8.13. The number of nitrogens with zero attached hydrogens (tertiary/aromatic N) is 3. The van der Waals surface area contributed by atoms with Crippen LogP contribution in [0.4, 0.5) is 4.79 Å². The molecule has 0 aliphatic carbocycles. The quantitative estimate of drug-likeness (QED) is 0.891. The van der Waals surface area contributed by atoms with Crippen molar-refractivity contribution in [2.24, 2.45) is 0 Å². The minimum absolute atomic E-state index is 0.0196. The smallest absolute Gasteiger partial charge is 0.315 e. The Morgan fingerprint density at radius 2 is 2.09 bits per heavy atom. The Hall–Kier alpha value is -1.63. The van der Waals surface area contributed by atoms with E-state index >= 15 is 0 Å². The molecule has 1 aromatic heterocycles. The van der Waals surface area contributed by atoms with E-state index in [0.29, 0.717) is 0 Å². The first-order valence-corrected chi connectivity index (χ1v) is 8.37. The van der Waals surface area contributed by atoms with Gasteiger partial charge in [-0.2, -0.15) is 0 Å². The van der Waals surface area contributed by atoms with Crippen LogP contribution in [0.15, 0.2) is 0 Å². The second kappa shape index (κ2) is 5.47. The van der Waals surface area contributed by atoms with Crippen molar-refractivity contribution < 1.29 is 9.53 Å². The van der Waals surface area contributed by atoms with Crippen molar-refractivity contribution in [3.05, 3.63) is 11.6 Å². The highest BCUT2D eigenvalue weighted by Gasteiger charge is 2.46. The molecule has 0 saturated carbocycles. The van der Waals surface area contributed by atoms with Gasteiger partial charge < -0.3 is 19.9 Å². The van der Waals surface area contributed by atoms with Gasteiger partial charge in [-0.05, 0) is 47.5 Å². The summed E-state index contributed by atoms with van der Waals surface area (Å²) in [6, 6.07) is -0.381. The standard InChI is InChI=1S/C16H27N5O2/c1-10(13-20-19-12-7-6-8-21(12)13)17-14(22)18-11-9-15(2,3)23-16(11,4)5/h10-11H,6-9H2,1-5H3,(H2,17,18,22)/t10-,11+/m1/s1. The minimum atomic E-state index is -0.375. The van der Waals surface area contributed by atoms with Gasteiger partial charge in [-0.3, -0.25) is 0 Å². The highest BCUT2D eigenvalue weighted by molar-refractivity contribution is 5.74. The van der Waals surface area contributed by atoms with Crippen LogP contribution in [-0.2, 0) is 17.7 Å². The van der Waals surface area contributed by atoms with E-state index in [0.717, 1.165) is 37.5 Å². The Morgan fingerprint density at radius 3 is 2.74 bits per heavy atom. The second-order valence-electron chi connectivity index (χ2n) is 7.79. The number of nitrogens with one attached hydrogen (secondary N) is 2. The van der Waals surface area contributed by atoms with Gasteiger partial charge in [0.2, 0.25) is 0 Å². The Bertz CT molecular complexity index is 608. The van der Waals surface area contributed by atoms with Gasteiger partial charge >= 0.3 is 6.03 Å². The maximum Gasteiger partial charge on any atom is 0.315 e. The van der Waals surface area contributed by atoms with Crippen LogP contribution < -0.4 is 10.6 Å². The molecule has 3 heterocycles. The summed E-state index contributed by atoms with van der Waals surface area (Å²) >= 11 is 0. The van der Waals surface area contributed by atoms with Gasteiger partial charge in [-0.1, -0.05) is 0 Å². The topological polar surface area (TPSA) is 81.1 Å². The molecule has 1 fully saturated rings. The lowest BCUT2D eigenvalue weighted by Crippen LogP contribution is -2.50. The number of ether oxygens (including phenoxy) is 1. The summed E-state index contributed by atoms with van der Waals surface area (Å²) in [5, 5.41) is 14.4. The monoisotopic (exact) mass is 321 g/mol. The van der Waals surface area contributed by atoms with Crippen molar-refractivity contribution in [2.75, 3.05) is 0 Å². The molecule has 0 bridgehead atoms. The third kappa shape index (κ3) is 3.20. The average molecular weight is 321 g/mol. The molecule has 7 heteroatoms. The van der Waals surface area contributed by atoms with Gasteiger partial charge in [0.05, 0.1) is 23.3 Å². The molecular weight excluding hydrogens is 294 g/mol. The number of carbonyl (C=O) groups is 1. The van der Waals surface area contributed by atoms with Gasteiger partial charge in [0.25, 0.3) is 0 Å². The highest BCUT2D eigenvalue weighted by Crippen LogP contribution is 2.37. The predicted octanol–water partition coefficient (Wildman–Crippen LogP) is 1.93. The SMILES string of the molecule is C[C@@H](NC(=O)N[C@H]1CC(C)(C)OC1(C)C)c1nnc2n1CCC2. The fraction of sp³-hybridized carbons (Fsp3) is 0.812. The Balaban J connectivity index is 1.61. The zero-order chi connectivity index (χ0) is 16.8. The number of amides is 2. The third-order valence-corrected chi connectivity index (χ3v) is 4.75. The first-order valence-electron chi connectivity index (χ1n) is 8.37. The first-order chi connectivity index (χ1) is 10.7. The molecule has 1 saturated heterocycles. The van der Waals surface area contributed by atoms with Gasteiger partial charge in [0.15, 0.2) is 5.82 Å². The number of fused-ring (bicyclic) bond motifs is 1.